The van der Waals surface area contributed by atoms with Crippen LogP contribution in [-0.2, 0) is 4.79 Å². The van der Waals surface area contributed by atoms with Gasteiger partial charge in [0.25, 0.3) is 5.91 Å². The SMILES string of the molecule is CCC(=O)Oc1ccc(C(=O)Nc2ccc(Nc3ccccc3)cc2)cc1. The third kappa shape index (κ3) is 5.19. The van der Waals surface area contributed by atoms with Crippen LogP contribution in [0.15, 0.2) is 78.9 Å². The normalized spacial score (nSPS) is 10.1. The van der Waals surface area contributed by atoms with Crippen molar-refractivity contribution in [2.75, 3.05) is 10.6 Å². The molecule has 0 aliphatic rings. The summed E-state index contributed by atoms with van der Waals surface area (Å²) in [4.78, 5) is 23.6. The Hall–Kier alpha value is -3.60. The first-order valence-corrected chi connectivity index (χ1v) is 8.68. The highest BCUT2D eigenvalue weighted by Crippen LogP contribution is 2.19. The van der Waals surface area contributed by atoms with E-state index in [-0.39, 0.29) is 11.9 Å². The molecule has 5 heteroatoms. The molecular weight excluding hydrogens is 340 g/mol. The van der Waals surface area contributed by atoms with Crippen molar-refractivity contribution in [3.8, 4) is 5.75 Å². The number of nitrogens with one attached hydrogen (secondary N) is 2. The van der Waals surface area contributed by atoms with E-state index in [0.29, 0.717) is 23.4 Å². The number of anilines is 3. The molecule has 0 bridgehead atoms. The van der Waals surface area contributed by atoms with Gasteiger partial charge in [-0.3, -0.25) is 9.59 Å². The van der Waals surface area contributed by atoms with Gasteiger partial charge < -0.3 is 15.4 Å². The first kappa shape index (κ1) is 18.2. The van der Waals surface area contributed by atoms with E-state index in [1.807, 2.05) is 54.6 Å². The van der Waals surface area contributed by atoms with Crippen molar-refractivity contribution in [1.29, 1.82) is 0 Å². The Morgan fingerprint density at radius 2 is 1.37 bits per heavy atom. The lowest BCUT2D eigenvalue weighted by Crippen LogP contribution is -2.12. The highest BCUT2D eigenvalue weighted by Gasteiger charge is 2.08. The van der Waals surface area contributed by atoms with Crippen LogP contribution in [0.25, 0.3) is 0 Å². The van der Waals surface area contributed by atoms with E-state index in [4.69, 9.17) is 4.74 Å². The zero-order valence-electron chi connectivity index (χ0n) is 14.9. The van der Waals surface area contributed by atoms with Gasteiger partial charge in [-0.05, 0) is 60.7 Å². The van der Waals surface area contributed by atoms with Crippen LogP contribution in [0.1, 0.15) is 23.7 Å². The number of esters is 1. The number of benzene rings is 3. The number of amides is 1. The predicted molar refractivity (Wildman–Crippen MR) is 106 cm³/mol. The Bertz CT molecular complexity index is 905. The molecular formula is C22H20N2O3. The topological polar surface area (TPSA) is 67.4 Å². The molecule has 0 atom stereocenters. The summed E-state index contributed by atoms with van der Waals surface area (Å²) in [5.74, 6) is -0.113. The third-order valence-electron chi connectivity index (χ3n) is 3.84. The minimum Gasteiger partial charge on any atom is -0.427 e. The molecule has 3 rings (SSSR count). The summed E-state index contributed by atoms with van der Waals surface area (Å²) in [5.41, 5.74) is 3.11. The van der Waals surface area contributed by atoms with Crippen LogP contribution in [0.5, 0.6) is 5.75 Å². The molecule has 0 heterocycles. The molecule has 3 aromatic rings. The summed E-state index contributed by atoms with van der Waals surface area (Å²) >= 11 is 0. The van der Waals surface area contributed by atoms with Crippen molar-refractivity contribution in [1.82, 2.24) is 0 Å². The Kier molecular flexibility index (Phi) is 5.84. The van der Waals surface area contributed by atoms with Crippen molar-refractivity contribution in [3.05, 3.63) is 84.4 Å². The molecule has 0 saturated carbocycles. The van der Waals surface area contributed by atoms with E-state index in [2.05, 4.69) is 10.6 Å². The van der Waals surface area contributed by atoms with Crippen LogP contribution < -0.4 is 15.4 Å². The number of rotatable bonds is 6. The highest BCUT2D eigenvalue weighted by atomic mass is 16.5. The first-order chi connectivity index (χ1) is 13.1. The fourth-order valence-corrected chi connectivity index (χ4v) is 2.41. The quantitative estimate of drug-likeness (QED) is 0.480. The van der Waals surface area contributed by atoms with Crippen molar-refractivity contribution in [2.45, 2.75) is 13.3 Å². The average molecular weight is 360 g/mol. The van der Waals surface area contributed by atoms with E-state index in [0.717, 1.165) is 11.4 Å². The third-order valence-corrected chi connectivity index (χ3v) is 3.84. The first-order valence-electron chi connectivity index (χ1n) is 8.68. The lowest BCUT2D eigenvalue weighted by Gasteiger charge is -2.09. The smallest absolute Gasteiger partial charge is 0.310 e. The van der Waals surface area contributed by atoms with Gasteiger partial charge in [-0.2, -0.15) is 0 Å². The standard InChI is InChI=1S/C22H20N2O3/c1-2-21(25)27-20-14-8-16(9-15-20)22(26)24-19-12-10-18(11-13-19)23-17-6-4-3-5-7-17/h3-15,23H,2H2,1H3,(H,24,26). The summed E-state index contributed by atoms with van der Waals surface area (Å²) in [6.07, 6.45) is 0.303. The molecule has 5 nitrogen and oxygen atoms in total. The summed E-state index contributed by atoms with van der Waals surface area (Å²) in [6, 6.07) is 23.8. The largest absolute Gasteiger partial charge is 0.427 e. The fourth-order valence-electron chi connectivity index (χ4n) is 2.41. The molecule has 0 aliphatic carbocycles. The summed E-state index contributed by atoms with van der Waals surface area (Å²) < 4.78 is 5.10. The van der Waals surface area contributed by atoms with Crippen LogP contribution in [-0.4, -0.2) is 11.9 Å². The van der Waals surface area contributed by atoms with Crippen LogP contribution >= 0.6 is 0 Å². The number of carbonyl (C=O) groups excluding carboxylic acids is 2. The molecule has 2 N–H and O–H groups in total. The molecule has 0 unspecified atom stereocenters. The number of hydrogen-bond acceptors (Lipinski definition) is 4. The van der Waals surface area contributed by atoms with Gasteiger partial charge in [0.15, 0.2) is 0 Å². The zero-order valence-corrected chi connectivity index (χ0v) is 14.9. The maximum atomic E-state index is 12.3. The molecule has 0 spiro atoms. The maximum absolute atomic E-state index is 12.3. The van der Waals surface area contributed by atoms with Crippen LogP contribution in [0.4, 0.5) is 17.1 Å². The minimum atomic E-state index is -0.309. The number of hydrogen-bond donors (Lipinski definition) is 2. The molecule has 0 aliphatic heterocycles. The van der Waals surface area contributed by atoms with Crippen LogP contribution in [0, 0.1) is 0 Å². The highest BCUT2D eigenvalue weighted by molar-refractivity contribution is 6.04. The Labute approximate surface area is 158 Å². The molecule has 1 amide bonds. The number of ether oxygens (including phenoxy) is 1. The van der Waals surface area contributed by atoms with Crippen molar-refractivity contribution in [3.63, 3.8) is 0 Å². The van der Waals surface area contributed by atoms with Gasteiger partial charge in [0.1, 0.15) is 5.75 Å². The second-order valence-corrected chi connectivity index (χ2v) is 5.87. The van der Waals surface area contributed by atoms with E-state index in [1.54, 1.807) is 31.2 Å². The molecule has 136 valence electrons. The van der Waals surface area contributed by atoms with E-state index >= 15 is 0 Å². The number of para-hydroxylation sites is 1. The van der Waals surface area contributed by atoms with E-state index in [1.165, 1.54) is 0 Å². The van der Waals surface area contributed by atoms with E-state index < -0.39 is 0 Å². The van der Waals surface area contributed by atoms with Crippen LogP contribution in [0.2, 0.25) is 0 Å². The van der Waals surface area contributed by atoms with E-state index in [9.17, 15) is 9.59 Å². The molecule has 3 aromatic carbocycles. The maximum Gasteiger partial charge on any atom is 0.310 e. The predicted octanol–water partition coefficient (Wildman–Crippen LogP) is 5.00. The summed E-state index contributed by atoms with van der Waals surface area (Å²) in [5, 5.41) is 6.13. The van der Waals surface area contributed by atoms with Crippen molar-refractivity contribution in [2.24, 2.45) is 0 Å². The Balaban J connectivity index is 1.59. The van der Waals surface area contributed by atoms with Gasteiger partial charge in [-0.25, -0.2) is 0 Å². The molecule has 0 saturated heterocycles. The zero-order chi connectivity index (χ0) is 19.1. The lowest BCUT2D eigenvalue weighted by molar-refractivity contribution is -0.134. The van der Waals surface area contributed by atoms with Gasteiger partial charge in [-0.15, -0.1) is 0 Å². The van der Waals surface area contributed by atoms with Gasteiger partial charge >= 0.3 is 5.97 Å². The molecule has 0 fully saturated rings. The average Bonchev–Trinajstić information content (AvgIpc) is 2.70. The number of carbonyl (C=O) groups is 2. The van der Waals surface area contributed by atoms with Crippen molar-refractivity contribution >= 4 is 28.9 Å². The molecule has 27 heavy (non-hydrogen) atoms. The summed E-state index contributed by atoms with van der Waals surface area (Å²) in [7, 11) is 0. The van der Waals surface area contributed by atoms with Gasteiger partial charge in [0.2, 0.25) is 0 Å². The Morgan fingerprint density at radius 3 is 2.00 bits per heavy atom. The van der Waals surface area contributed by atoms with Crippen molar-refractivity contribution < 1.29 is 14.3 Å². The second-order valence-electron chi connectivity index (χ2n) is 5.87. The Morgan fingerprint density at radius 1 is 0.778 bits per heavy atom. The van der Waals surface area contributed by atoms with Gasteiger partial charge in [0, 0.05) is 29.0 Å². The fraction of sp³-hybridized carbons (Fsp3) is 0.0909. The lowest BCUT2D eigenvalue weighted by atomic mass is 10.2. The molecule has 0 aromatic heterocycles. The van der Waals surface area contributed by atoms with Gasteiger partial charge in [-0.1, -0.05) is 25.1 Å². The van der Waals surface area contributed by atoms with Crippen LogP contribution in [0.3, 0.4) is 0 Å². The summed E-state index contributed by atoms with van der Waals surface area (Å²) in [6.45, 7) is 1.73. The minimum absolute atomic E-state index is 0.230. The van der Waals surface area contributed by atoms with Gasteiger partial charge in [0.05, 0.1) is 0 Å². The second kappa shape index (κ2) is 8.67. The monoisotopic (exact) mass is 360 g/mol. The molecule has 0 radical (unpaired) electrons.